The van der Waals surface area contributed by atoms with Crippen molar-refractivity contribution in [1.82, 2.24) is 5.32 Å². The van der Waals surface area contributed by atoms with E-state index in [2.05, 4.69) is 14.8 Å². The highest BCUT2D eigenvalue weighted by Crippen LogP contribution is 2.29. The molecule has 0 saturated carbocycles. The van der Waals surface area contributed by atoms with Gasteiger partial charge in [0.2, 0.25) is 0 Å². The van der Waals surface area contributed by atoms with Crippen LogP contribution in [-0.4, -0.2) is 48.5 Å². The number of carbonyl (C=O) groups excluding carboxylic acids is 2. The van der Waals surface area contributed by atoms with Gasteiger partial charge in [-0.25, -0.2) is 9.59 Å². The molecule has 0 fully saturated rings. The molecule has 2 unspecified atom stereocenters. The highest BCUT2D eigenvalue weighted by Gasteiger charge is 2.44. The molecule has 2 N–H and O–H groups in total. The first-order valence-electron chi connectivity index (χ1n) is 10.5. The number of esters is 1. The minimum atomic E-state index is -4.69. The van der Waals surface area contributed by atoms with Crippen LogP contribution < -0.4 is 10.1 Å². The fraction of sp³-hybridized carbons (Fsp3) is 0.417. The molecule has 0 aliphatic carbocycles. The van der Waals surface area contributed by atoms with Crippen molar-refractivity contribution in [2.75, 3.05) is 7.11 Å². The minimum Gasteiger partial charge on any atom is -0.465 e. The number of alkyl halides is 4. The van der Waals surface area contributed by atoms with Crippen molar-refractivity contribution < 1.29 is 46.5 Å². The van der Waals surface area contributed by atoms with Crippen molar-refractivity contribution in [3.05, 3.63) is 65.2 Å². The lowest BCUT2D eigenvalue weighted by molar-refractivity contribution is -0.253. The third-order valence-corrected chi connectivity index (χ3v) is 4.62. The van der Waals surface area contributed by atoms with Gasteiger partial charge in [0.05, 0.1) is 24.8 Å². The number of alkyl carbamates (subject to hydrolysis) is 1. The summed E-state index contributed by atoms with van der Waals surface area (Å²) >= 11 is 0. The maximum absolute atomic E-state index is 13.3. The van der Waals surface area contributed by atoms with E-state index >= 15 is 0 Å². The van der Waals surface area contributed by atoms with E-state index in [1.165, 1.54) is 43.5 Å². The first kappa shape index (κ1) is 27.9. The Morgan fingerprint density at radius 2 is 1.69 bits per heavy atom. The molecule has 192 valence electrons. The number of hydrogen-bond donors (Lipinski definition) is 2. The van der Waals surface area contributed by atoms with E-state index in [-0.39, 0.29) is 12.0 Å². The molecule has 2 rings (SSSR count). The lowest BCUT2D eigenvalue weighted by atomic mass is 9.95. The Hall–Kier alpha value is -3.34. The Bertz CT molecular complexity index is 1010. The van der Waals surface area contributed by atoms with Crippen LogP contribution in [0.5, 0.6) is 5.75 Å². The predicted octanol–water partition coefficient (Wildman–Crippen LogP) is 4.88. The maximum atomic E-state index is 13.3. The summed E-state index contributed by atoms with van der Waals surface area (Å²) in [5, 5.41) is 13.5. The topological polar surface area (TPSA) is 94.1 Å². The standard InChI is InChI=1S/C24H27F4NO6/c1-23(2,3)35-22(32)29-18(19(30)15-8-10-16(11-9-15)20(31)33-4)13-14-6-5-7-17(12-14)34-24(27,28)21(25)26/h5-12,18-19,21,30H,13H2,1-4H3,(H,29,32). The predicted molar refractivity (Wildman–Crippen MR) is 118 cm³/mol. The number of hydrogen-bond acceptors (Lipinski definition) is 6. The summed E-state index contributed by atoms with van der Waals surface area (Å²) < 4.78 is 65.6. The summed E-state index contributed by atoms with van der Waals surface area (Å²) in [7, 11) is 1.22. The van der Waals surface area contributed by atoms with Gasteiger partial charge in [0, 0.05) is 0 Å². The molecule has 7 nitrogen and oxygen atoms in total. The van der Waals surface area contributed by atoms with Gasteiger partial charge in [0.1, 0.15) is 11.4 Å². The first-order valence-corrected chi connectivity index (χ1v) is 10.5. The normalized spacial score (nSPS) is 13.7. The Balaban J connectivity index is 2.30. The van der Waals surface area contributed by atoms with E-state index in [1.807, 2.05) is 0 Å². The summed E-state index contributed by atoms with van der Waals surface area (Å²) in [6, 6.07) is 9.74. The first-order chi connectivity index (χ1) is 16.2. The summed E-state index contributed by atoms with van der Waals surface area (Å²) in [4.78, 5) is 24.0. The molecule has 0 radical (unpaired) electrons. The molecule has 0 heterocycles. The van der Waals surface area contributed by atoms with Gasteiger partial charge < -0.3 is 24.6 Å². The smallest absolute Gasteiger partial charge is 0.461 e. The van der Waals surface area contributed by atoms with Gasteiger partial charge in [-0.3, -0.25) is 0 Å². The number of methoxy groups -OCH3 is 1. The van der Waals surface area contributed by atoms with Crippen molar-refractivity contribution >= 4 is 12.1 Å². The molecule has 0 aliphatic rings. The molecule has 1 amide bonds. The van der Waals surface area contributed by atoms with Crippen LogP contribution in [0.2, 0.25) is 0 Å². The minimum absolute atomic E-state index is 0.101. The number of carbonyl (C=O) groups is 2. The van der Waals surface area contributed by atoms with Gasteiger partial charge in [-0.15, -0.1) is 0 Å². The van der Waals surface area contributed by atoms with Gasteiger partial charge in [-0.2, -0.15) is 17.6 Å². The molecule has 35 heavy (non-hydrogen) atoms. The van der Waals surface area contributed by atoms with E-state index in [9.17, 15) is 32.3 Å². The molecular weight excluding hydrogens is 474 g/mol. The van der Waals surface area contributed by atoms with Gasteiger partial charge in [-0.05, 0) is 62.6 Å². The van der Waals surface area contributed by atoms with Crippen molar-refractivity contribution in [3.63, 3.8) is 0 Å². The van der Waals surface area contributed by atoms with Crippen molar-refractivity contribution in [3.8, 4) is 5.75 Å². The quantitative estimate of drug-likeness (QED) is 0.376. The third-order valence-electron chi connectivity index (χ3n) is 4.62. The fourth-order valence-corrected chi connectivity index (χ4v) is 3.06. The average molecular weight is 501 g/mol. The molecule has 2 atom stereocenters. The highest BCUT2D eigenvalue weighted by atomic mass is 19.3. The molecule has 11 heteroatoms. The number of halogens is 4. The average Bonchev–Trinajstić information content (AvgIpc) is 2.76. The molecule has 0 aliphatic heterocycles. The summed E-state index contributed by atoms with van der Waals surface area (Å²) in [6.07, 6.45) is -11.0. The van der Waals surface area contributed by atoms with Crippen LogP contribution in [0.25, 0.3) is 0 Å². The number of benzene rings is 2. The monoisotopic (exact) mass is 501 g/mol. The number of rotatable bonds is 9. The molecule has 2 aromatic rings. The second kappa shape index (κ2) is 11.4. The van der Waals surface area contributed by atoms with E-state index < -0.39 is 48.1 Å². The number of aliphatic hydroxyl groups excluding tert-OH is 1. The largest absolute Gasteiger partial charge is 0.465 e. The summed E-state index contributed by atoms with van der Waals surface area (Å²) in [5.74, 6) is -1.09. The second-order valence-electron chi connectivity index (χ2n) is 8.63. The molecule has 0 spiro atoms. The van der Waals surface area contributed by atoms with Crippen LogP contribution in [0, 0.1) is 0 Å². The van der Waals surface area contributed by atoms with Gasteiger partial charge >= 0.3 is 24.6 Å². The SMILES string of the molecule is COC(=O)c1ccc(C(O)C(Cc2cccc(OC(F)(F)C(F)F)c2)NC(=O)OC(C)(C)C)cc1. The molecular formula is C24H27F4NO6. The second-order valence-corrected chi connectivity index (χ2v) is 8.63. The number of amides is 1. The van der Waals surface area contributed by atoms with Gasteiger partial charge in [0.25, 0.3) is 0 Å². The molecule has 0 aromatic heterocycles. The zero-order valence-electron chi connectivity index (χ0n) is 19.6. The molecule has 0 saturated heterocycles. The van der Waals surface area contributed by atoms with Crippen molar-refractivity contribution in [2.24, 2.45) is 0 Å². The maximum Gasteiger partial charge on any atom is 0.461 e. The van der Waals surface area contributed by atoms with Crippen LogP contribution >= 0.6 is 0 Å². The van der Waals surface area contributed by atoms with Gasteiger partial charge in [0.15, 0.2) is 0 Å². The zero-order chi connectivity index (χ0) is 26.4. The summed E-state index contributed by atoms with van der Waals surface area (Å²) in [5.41, 5.74) is 0.0372. The molecule has 2 aromatic carbocycles. The Labute approximate surface area is 200 Å². The zero-order valence-corrected chi connectivity index (χ0v) is 19.6. The number of aliphatic hydroxyl groups is 1. The number of ether oxygens (including phenoxy) is 3. The van der Waals surface area contributed by atoms with E-state index in [0.717, 1.165) is 12.1 Å². The fourth-order valence-electron chi connectivity index (χ4n) is 3.06. The van der Waals surface area contributed by atoms with Crippen molar-refractivity contribution in [2.45, 2.75) is 57.5 Å². The van der Waals surface area contributed by atoms with E-state index in [0.29, 0.717) is 11.1 Å². The van der Waals surface area contributed by atoms with Crippen LogP contribution in [0.15, 0.2) is 48.5 Å². The molecule has 0 bridgehead atoms. The van der Waals surface area contributed by atoms with Crippen LogP contribution in [-0.2, 0) is 15.9 Å². The Kier molecular flexibility index (Phi) is 9.08. The number of nitrogens with one attached hydrogen (secondary N) is 1. The van der Waals surface area contributed by atoms with E-state index in [4.69, 9.17) is 4.74 Å². The van der Waals surface area contributed by atoms with Gasteiger partial charge in [-0.1, -0.05) is 24.3 Å². The van der Waals surface area contributed by atoms with Crippen LogP contribution in [0.1, 0.15) is 48.4 Å². The van der Waals surface area contributed by atoms with Crippen LogP contribution in [0.4, 0.5) is 22.4 Å². The highest BCUT2D eigenvalue weighted by molar-refractivity contribution is 5.89. The lowest BCUT2D eigenvalue weighted by Gasteiger charge is -2.27. The Morgan fingerprint density at radius 1 is 1.06 bits per heavy atom. The Morgan fingerprint density at radius 3 is 2.23 bits per heavy atom. The lowest BCUT2D eigenvalue weighted by Crippen LogP contribution is -2.43. The summed E-state index contributed by atoms with van der Waals surface area (Å²) in [6.45, 7) is 4.94. The van der Waals surface area contributed by atoms with Crippen LogP contribution in [0.3, 0.4) is 0 Å². The third kappa shape index (κ3) is 8.43. The van der Waals surface area contributed by atoms with E-state index in [1.54, 1.807) is 20.8 Å². The van der Waals surface area contributed by atoms with Crippen molar-refractivity contribution in [1.29, 1.82) is 0 Å².